The summed E-state index contributed by atoms with van der Waals surface area (Å²) in [6, 6.07) is 7.03. The highest BCUT2D eigenvalue weighted by molar-refractivity contribution is 5.94. The molecule has 1 aromatic carbocycles. The molecule has 5 heteroatoms. The van der Waals surface area contributed by atoms with Crippen LogP contribution in [-0.4, -0.2) is 29.1 Å². The van der Waals surface area contributed by atoms with Gasteiger partial charge in [-0.2, -0.15) is 0 Å². The molecule has 0 unspecified atom stereocenters. The van der Waals surface area contributed by atoms with Gasteiger partial charge in [0.25, 0.3) is 5.91 Å². The van der Waals surface area contributed by atoms with Crippen LogP contribution in [0.5, 0.6) is 0 Å². The van der Waals surface area contributed by atoms with Crippen LogP contribution < -0.4 is 10.6 Å². The summed E-state index contributed by atoms with van der Waals surface area (Å²) in [7, 11) is 0. The van der Waals surface area contributed by atoms with Crippen molar-refractivity contribution in [2.24, 2.45) is 0 Å². The third-order valence-corrected chi connectivity index (χ3v) is 4.23. The minimum absolute atomic E-state index is 0.189. The maximum Gasteiger partial charge on any atom is 0.251 e. The molecule has 1 aliphatic carbocycles. The van der Waals surface area contributed by atoms with E-state index in [0.717, 1.165) is 37.7 Å². The second-order valence-electron chi connectivity index (χ2n) is 6.09. The first kappa shape index (κ1) is 17.2. The minimum Gasteiger partial charge on any atom is -0.388 e. The van der Waals surface area contributed by atoms with Crippen molar-refractivity contribution >= 4 is 11.8 Å². The maximum absolute atomic E-state index is 12.1. The van der Waals surface area contributed by atoms with Gasteiger partial charge in [-0.05, 0) is 36.6 Å². The van der Waals surface area contributed by atoms with E-state index in [1.807, 2.05) is 0 Å². The molecule has 0 atom stereocenters. The number of rotatable bonds is 6. The molecule has 2 amide bonds. The molecule has 1 aromatic rings. The van der Waals surface area contributed by atoms with E-state index in [4.69, 9.17) is 0 Å². The van der Waals surface area contributed by atoms with Crippen molar-refractivity contribution in [2.75, 3.05) is 6.54 Å². The van der Waals surface area contributed by atoms with Crippen molar-refractivity contribution in [1.82, 2.24) is 10.6 Å². The van der Waals surface area contributed by atoms with Crippen LogP contribution in [0, 0.1) is 0 Å². The summed E-state index contributed by atoms with van der Waals surface area (Å²) >= 11 is 0. The van der Waals surface area contributed by atoms with Crippen LogP contribution in [0.25, 0.3) is 0 Å². The van der Waals surface area contributed by atoms with Crippen molar-refractivity contribution in [1.29, 1.82) is 0 Å². The molecule has 1 fully saturated rings. The number of carbonyl (C=O) groups excluding carboxylic acids is 2. The summed E-state index contributed by atoms with van der Waals surface area (Å²) in [5, 5.41) is 15.9. The maximum atomic E-state index is 12.1. The molecule has 0 spiro atoms. The van der Waals surface area contributed by atoms with Gasteiger partial charge in [0, 0.05) is 18.7 Å². The fraction of sp³-hybridized carbons (Fsp3) is 0.444. The molecule has 1 aliphatic rings. The quantitative estimate of drug-likeness (QED) is 0.702. The van der Waals surface area contributed by atoms with E-state index in [2.05, 4.69) is 17.2 Å². The van der Waals surface area contributed by atoms with Crippen molar-refractivity contribution < 1.29 is 14.7 Å². The molecule has 5 nitrogen and oxygen atoms in total. The van der Waals surface area contributed by atoms with E-state index in [-0.39, 0.29) is 11.8 Å². The molecular weight excluding hydrogens is 292 g/mol. The van der Waals surface area contributed by atoms with Gasteiger partial charge in [-0.25, -0.2) is 0 Å². The van der Waals surface area contributed by atoms with Crippen LogP contribution in [0.2, 0.25) is 0 Å². The first-order valence-corrected chi connectivity index (χ1v) is 8.02. The summed E-state index contributed by atoms with van der Waals surface area (Å²) in [6.07, 6.45) is 5.89. The molecule has 3 N–H and O–H groups in total. The topological polar surface area (TPSA) is 78.4 Å². The summed E-state index contributed by atoms with van der Waals surface area (Å²) in [5.41, 5.74) is 0.689. The molecular formula is C18H24N2O3. The molecule has 0 aliphatic heterocycles. The van der Waals surface area contributed by atoms with Crippen molar-refractivity contribution in [3.8, 4) is 0 Å². The van der Waals surface area contributed by atoms with Crippen LogP contribution in [0.4, 0.5) is 0 Å². The first-order chi connectivity index (χ1) is 11.0. The Morgan fingerprint density at radius 1 is 1.13 bits per heavy atom. The number of aliphatic hydroxyl groups is 1. The molecule has 0 aromatic heterocycles. The third kappa shape index (κ3) is 5.21. The Balaban J connectivity index is 1.84. The van der Waals surface area contributed by atoms with Gasteiger partial charge in [0.05, 0.1) is 5.60 Å². The SMILES string of the molecule is C=CC(=O)NCc1ccc(C(=O)NCC2(O)CCCCC2)cc1. The Labute approximate surface area is 136 Å². The van der Waals surface area contributed by atoms with E-state index in [9.17, 15) is 14.7 Å². The zero-order valence-electron chi connectivity index (χ0n) is 13.3. The lowest BCUT2D eigenvalue weighted by Gasteiger charge is -2.32. The highest BCUT2D eigenvalue weighted by atomic mass is 16.3. The van der Waals surface area contributed by atoms with Gasteiger partial charge in [-0.1, -0.05) is 38.0 Å². The van der Waals surface area contributed by atoms with Crippen LogP contribution >= 0.6 is 0 Å². The smallest absolute Gasteiger partial charge is 0.251 e. The zero-order chi connectivity index (χ0) is 16.7. The Kier molecular flexibility index (Phi) is 5.93. The molecule has 2 rings (SSSR count). The van der Waals surface area contributed by atoms with Crippen LogP contribution in [0.3, 0.4) is 0 Å². The molecule has 0 heterocycles. The largest absolute Gasteiger partial charge is 0.388 e. The average molecular weight is 316 g/mol. The van der Waals surface area contributed by atoms with Crippen LogP contribution in [0.1, 0.15) is 48.0 Å². The second-order valence-corrected chi connectivity index (χ2v) is 6.09. The van der Waals surface area contributed by atoms with Crippen molar-refractivity contribution in [2.45, 2.75) is 44.2 Å². The standard InChI is InChI=1S/C18H24N2O3/c1-2-16(21)19-12-14-6-8-15(9-7-14)17(22)20-13-18(23)10-4-3-5-11-18/h2,6-9,23H,1,3-5,10-13H2,(H,19,21)(H,20,22). The normalized spacial score (nSPS) is 16.4. The highest BCUT2D eigenvalue weighted by Gasteiger charge is 2.29. The Morgan fingerprint density at radius 3 is 2.39 bits per heavy atom. The van der Waals surface area contributed by atoms with E-state index in [0.29, 0.717) is 18.7 Å². The fourth-order valence-electron chi connectivity index (χ4n) is 2.77. The predicted molar refractivity (Wildman–Crippen MR) is 88.9 cm³/mol. The second kappa shape index (κ2) is 7.92. The Bertz CT molecular complexity index is 560. The zero-order valence-corrected chi connectivity index (χ0v) is 13.3. The monoisotopic (exact) mass is 316 g/mol. The molecule has 23 heavy (non-hydrogen) atoms. The van der Waals surface area contributed by atoms with E-state index >= 15 is 0 Å². The highest BCUT2D eigenvalue weighted by Crippen LogP contribution is 2.27. The van der Waals surface area contributed by atoms with Gasteiger partial charge in [0.2, 0.25) is 5.91 Å². The molecule has 0 bridgehead atoms. The van der Waals surface area contributed by atoms with Gasteiger partial charge >= 0.3 is 0 Å². The number of hydrogen-bond acceptors (Lipinski definition) is 3. The number of benzene rings is 1. The molecule has 124 valence electrons. The molecule has 0 saturated heterocycles. The average Bonchev–Trinajstić information content (AvgIpc) is 2.58. The molecule has 0 radical (unpaired) electrons. The number of nitrogens with one attached hydrogen (secondary N) is 2. The number of hydrogen-bond donors (Lipinski definition) is 3. The van der Waals surface area contributed by atoms with Crippen LogP contribution in [0.15, 0.2) is 36.9 Å². The minimum atomic E-state index is -0.761. The van der Waals surface area contributed by atoms with Crippen molar-refractivity contribution in [3.63, 3.8) is 0 Å². The van der Waals surface area contributed by atoms with E-state index in [1.165, 1.54) is 6.08 Å². The number of carbonyl (C=O) groups is 2. The lowest BCUT2D eigenvalue weighted by molar-refractivity contribution is -0.116. The number of amides is 2. The summed E-state index contributed by atoms with van der Waals surface area (Å²) in [6.45, 7) is 4.08. The van der Waals surface area contributed by atoms with Gasteiger partial charge in [0.1, 0.15) is 0 Å². The Hall–Kier alpha value is -2.14. The fourth-order valence-corrected chi connectivity index (χ4v) is 2.77. The van der Waals surface area contributed by atoms with Crippen LogP contribution in [-0.2, 0) is 11.3 Å². The van der Waals surface area contributed by atoms with Crippen molar-refractivity contribution in [3.05, 3.63) is 48.0 Å². The summed E-state index contributed by atoms with van der Waals surface area (Å²) in [4.78, 5) is 23.3. The van der Waals surface area contributed by atoms with Gasteiger partial charge < -0.3 is 15.7 Å². The van der Waals surface area contributed by atoms with Gasteiger partial charge in [0.15, 0.2) is 0 Å². The van der Waals surface area contributed by atoms with Gasteiger partial charge in [-0.3, -0.25) is 9.59 Å². The lowest BCUT2D eigenvalue weighted by atomic mass is 9.85. The molecule has 1 saturated carbocycles. The van der Waals surface area contributed by atoms with E-state index < -0.39 is 5.60 Å². The third-order valence-electron chi connectivity index (χ3n) is 4.23. The Morgan fingerprint density at radius 2 is 1.78 bits per heavy atom. The van der Waals surface area contributed by atoms with E-state index in [1.54, 1.807) is 24.3 Å². The first-order valence-electron chi connectivity index (χ1n) is 8.02. The lowest BCUT2D eigenvalue weighted by Crippen LogP contribution is -2.44. The predicted octanol–water partition coefficient (Wildman–Crippen LogP) is 1.91. The summed E-state index contributed by atoms with van der Waals surface area (Å²) < 4.78 is 0. The van der Waals surface area contributed by atoms with Gasteiger partial charge in [-0.15, -0.1) is 0 Å². The summed E-state index contributed by atoms with van der Waals surface area (Å²) in [5.74, 6) is -0.418.